The van der Waals surface area contributed by atoms with Gasteiger partial charge in [-0.25, -0.2) is 4.68 Å². The first-order valence-electron chi connectivity index (χ1n) is 10.4. The number of rotatable bonds is 5. The normalized spacial score (nSPS) is 13.4. The summed E-state index contributed by atoms with van der Waals surface area (Å²) in [5, 5.41) is 11.6. The van der Waals surface area contributed by atoms with Crippen LogP contribution in [-0.2, 0) is 0 Å². The lowest BCUT2D eigenvalue weighted by atomic mass is 10.1. The number of aryl methyl sites for hydroxylation is 3. The lowest BCUT2D eigenvalue weighted by Crippen LogP contribution is -2.13. The van der Waals surface area contributed by atoms with E-state index in [1.54, 1.807) is 10.9 Å². The number of carbonyl (C=O) groups excluding carboxylic acids is 1. The van der Waals surface area contributed by atoms with E-state index in [4.69, 9.17) is 4.52 Å². The molecule has 2 aromatic carbocycles. The van der Waals surface area contributed by atoms with E-state index >= 15 is 0 Å². The van der Waals surface area contributed by atoms with Gasteiger partial charge in [0, 0.05) is 23.4 Å². The highest BCUT2D eigenvalue weighted by atomic mass is 16.5. The summed E-state index contributed by atoms with van der Waals surface area (Å²) in [6, 6.07) is 13.7. The molecule has 2 heterocycles. The van der Waals surface area contributed by atoms with Crippen LogP contribution < -0.4 is 5.32 Å². The first-order chi connectivity index (χ1) is 15.0. The first-order valence-corrected chi connectivity index (χ1v) is 10.4. The van der Waals surface area contributed by atoms with Crippen LogP contribution in [0.15, 0.2) is 53.2 Å². The topological polar surface area (TPSA) is 85.8 Å². The third-order valence-electron chi connectivity index (χ3n) is 5.54. The summed E-state index contributed by atoms with van der Waals surface area (Å²) in [7, 11) is 0. The zero-order valence-electron chi connectivity index (χ0n) is 17.7. The highest BCUT2D eigenvalue weighted by Crippen LogP contribution is 2.39. The van der Waals surface area contributed by atoms with E-state index < -0.39 is 0 Å². The molecule has 0 aliphatic heterocycles. The quantitative estimate of drug-likeness (QED) is 0.499. The molecule has 0 radical (unpaired) electrons. The molecule has 0 unspecified atom stereocenters. The number of anilines is 1. The second-order valence-electron chi connectivity index (χ2n) is 8.12. The van der Waals surface area contributed by atoms with Gasteiger partial charge in [0.15, 0.2) is 0 Å². The van der Waals surface area contributed by atoms with E-state index in [1.165, 1.54) is 0 Å². The van der Waals surface area contributed by atoms with Crippen LogP contribution in [0.25, 0.3) is 17.1 Å². The summed E-state index contributed by atoms with van der Waals surface area (Å²) in [5.74, 6) is 1.58. The molecule has 0 spiro atoms. The van der Waals surface area contributed by atoms with Crippen molar-refractivity contribution >= 4 is 11.6 Å². The molecule has 1 aliphatic carbocycles. The molecular weight excluding hydrogens is 390 g/mol. The molecule has 1 N–H and O–H groups in total. The lowest BCUT2D eigenvalue weighted by Gasteiger charge is -2.08. The van der Waals surface area contributed by atoms with Crippen LogP contribution in [0, 0.1) is 20.8 Å². The zero-order chi connectivity index (χ0) is 21.5. The molecule has 5 rings (SSSR count). The van der Waals surface area contributed by atoms with Crippen LogP contribution in [0.3, 0.4) is 0 Å². The van der Waals surface area contributed by atoms with E-state index in [0.29, 0.717) is 23.0 Å². The van der Waals surface area contributed by atoms with Crippen molar-refractivity contribution in [3.05, 3.63) is 76.9 Å². The highest BCUT2D eigenvalue weighted by molar-refractivity contribution is 6.05. The van der Waals surface area contributed by atoms with Crippen molar-refractivity contribution < 1.29 is 9.32 Å². The molecule has 0 bridgehead atoms. The minimum absolute atomic E-state index is 0.173. The zero-order valence-corrected chi connectivity index (χ0v) is 17.7. The van der Waals surface area contributed by atoms with Gasteiger partial charge in [0.1, 0.15) is 0 Å². The van der Waals surface area contributed by atoms with Crippen molar-refractivity contribution in [3.8, 4) is 17.1 Å². The summed E-state index contributed by atoms with van der Waals surface area (Å²) < 4.78 is 7.06. The molecule has 7 nitrogen and oxygen atoms in total. The van der Waals surface area contributed by atoms with Crippen LogP contribution in [0.5, 0.6) is 0 Å². The van der Waals surface area contributed by atoms with Gasteiger partial charge in [0.25, 0.3) is 5.91 Å². The predicted molar refractivity (Wildman–Crippen MR) is 117 cm³/mol. The number of amides is 1. The smallest absolute Gasteiger partial charge is 0.259 e. The highest BCUT2D eigenvalue weighted by Gasteiger charge is 2.29. The van der Waals surface area contributed by atoms with Gasteiger partial charge in [-0.3, -0.25) is 4.79 Å². The van der Waals surface area contributed by atoms with Crippen molar-refractivity contribution in [1.29, 1.82) is 0 Å². The van der Waals surface area contributed by atoms with Gasteiger partial charge < -0.3 is 9.84 Å². The third-order valence-corrected chi connectivity index (χ3v) is 5.54. The van der Waals surface area contributed by atoms with Gasteiger partial charge in [-0.1, -0.05) is 17.3 Å². The third kappa shape index (κ3) is 3.86. The molecular formula is C24H23N5O2. The van der Waals surface area contributed by atoms with Gasteiger partial charge in [-0.05, 0) is 75.1 Å². The average molecular weight is 413 g/mol. The fraction of sp³-hybridized carbons (Fsp3) is 0.250. The van der Waals surface area contributed by atoms with Crippen LogP contribution in [0.2, 0.25) is 0 Å². The van der Waals surface area contributed by atoms with E-state index in [0.717, 1.165) is 46.8 Å². The Morgan fingerprint density at radius 3 is 2.61 bits per heavy atom. The van der Waals surface area contributed by atoms with Gasteiger partial charge in [0.05, 0.1) is 16.9 Å². The molecule has 0 atom stereocenters. The maximum atomic E-state index is 12.9. The van der Waals surface area contributed by atoms with Crippen LogP contribution in [0.4, 0.5) is 5.69 Å². The summed E-state index contributed by atoms with van der Waals surface area (Å²) in [4.78, 5) is 17.3. The van der Waals surface area contributed by atoms with Crippen molar-refractivity contribution in [2.45, 2.75) is 39.5 Å². The van der Waals surface area contributed by atoms with Crippen LogP contribution >= 0.6 is 0 Å². The van der Waals surface area contributed by atoms with Crippen LogP contribution in [-0.4, -0.2) is 25.8 Å². The molecule has 156 valence electrons. The van der Waals surface area contributed by atoms with Crippen LogP contribution in [0.1, 0.15) is 51.8 Å². The number of hydrogen-bond donors (Lipinski definition) is 1. The van der Waals surface area contributed by atoms with Crippen molar-refractivity contribution in [2.24, 2.45) is 0 Å². The molecule has 7 heteroatoms. The number of nitrogens with zero attached hydrogens (tertiary/aromatic N) is 4. The Balaban J connectivity index is 1.36. The van der Waals surface area contributed by atoms with E-state index in [1.807, 2.05) is 63.2 Å². The van der Waals surface area contributed by atoms with E-state index in [9.17, 15) is 4.79 Å². The summed E-state index contributed by atoms with van der Waals surface area (Å²) in [6.45, 7) is 5.81. The Morgan fingerprint density at radius 1 is 1.10 bits per heavy atom. The second kappa shape index (κ2) is 7.50. The van der Waals surface area contributed by atoms with Crippen molar-refractivity contribution in [3.63, 3.8) is 0 Å². The number of benzene rings is 2. The largest absolute Gasteiger partial charge is 0.339 e. The molecule has 1 aliphatic rings. The molecule has 1 amide bonds. The Morgan fingerprint density at radius 2 is 1.87 bits per heavy atom. The Bertz CT molecular complexity index is 1270. The molecule has 1 saturated carbocycles. The van der Waals surface area contributed by atoms with Gasteiger partial charge in [0.2, 0.25) is 11.7 Å². The number of aromatic nitrogens is 4. The van der Waals surface area contributed by atoms with E-state index in [2.05, 4.69) is 20.6 Å². The monoisotopic (exact) mass is 413 g/mol. The fourth-order valence-corrected chi connectivity index (χ4v) is 3.49. The Labute approximate surface area is 180 Å². The van der Waals surface area contributed by atoms with Crippen molar-refractivity contribution in [2.75, 3.05) is 5.32 Å². The number of hydrogen-bond acceptors (Lipinski definition) is 5. The Hall–Kier alpha value is -3.74. The minimum Gasteiger partial charge on any atom is -0.339 e. The maximum absolute atomic E-state index is 12.9. The number of carbonyl (C=O) groups is 1. The molecule has 1 fully saturated rings. The molecule has 0 saturated heterocycles. The second-order valence-corrected chi connectivity index (χ2v) is 8.12. The fourth-order valence-electron chi connectivity index (χ4n) is 3.49. The summed E-state index contributed by atoms with van der Waals surface area (Å²) >= 11 is 0. The SMILES string of the molecule is Cc1ccc(C)c(NC(=O)c2cn(-c3ccc(-c4noc(C5CC5)n4)cc3)nc2C)c1. The predicted octanol–water partition coefficient (Wildman–Crippen LogP) is 4.98. The molecule has 4 aromatic rings. The summed E-state index contributed by atoms with van der Waals surface area (Å²) in [6.07, 6.45) is 4.00. The van der Waals surface area contributed by atoms with Gasteiger partial charge >= 0.3 is 0 Å². The Kier molecular flexibility index (Phi) is 4.66. The van der Waals surface area contributed by atoms with Gasteiger partial charge in [-0.2, -0.15) is 10.1 Å². The minimum atomic E-state index is -0.173. The number of nitrogens with one attached hydrogen (secondary N) is 1. The van der Waals surface area contributed by atoms with Gasteiger partial charge in [-0.15, -0.1) is 0 Å². The maximum Gasteiger partial charge on any atom is 0.259 e. The summed E-state index contributed by atoms with van der Waals surface area (Å²) in [5.41, 5.74) is 5.87. The molecule has 2 aromatic heterocycles. The standard InChI is InChI=1S/C24H23N5O2/c1-14-4-5-15(2)21(12-14)25-23(30)20-13-29(27-16(20)3)19-10-8-17(9-11-19)22-26-24(31-28-22)18-6-7-18/h4-5,8-13,18H,6-7H2,1-3H3,(H,25,30). The average Bonchev–Trinajstić information content (AvgIpc) is 3.36. The first kappa shape index (κ1) is 19.2. The van der Waals surface area contributed by atoms with E-state index in [-0.39, 0.29) is 5.91 Å². The lowest BCUT2D eigenvalue weighted by molar-refractivity contribution is 0.102. The molecule has 31 heavy (non-hydrogen) atoms. The van der Waals surface area contributed by atoms with Crippen molar-refractivity contribution in [1.82, 2.24) is 19.9 Å².